The molecular weight excluding hydrogens is 524 g/mol. The second-order valence-electron chi connectivity index (χ2n) is 15.9. The third-order valence-corrected chi connectivity index (χ3v) is 14.1. The number of ether oxygens (including phenoxy) is 4. The fourth-order valence-electron chi connectivity index (χ4n) is 11.7. The number of hydrogen-bond donors (Lipinski definition) is 4. The zero-order chi connectivity index (χ0) is 28.9. The van der Waals surface area contributed by atoms with Crippen LogP contribution in [0.15, 0.2) is 0 Å². The lowest BCUT2D eigenvalue weighted by molar-refractivity contribution is -0.316. The van der Waals surface area contributed by atoms with E-state index in [1.807, 2.05) is 0 Å². The van der Waals surface area contributed by atoms with Crippen molar-refractivity contribution >= 4 is 0 Å². The van der Waals surface area contributed by atoms with Crippen LogP contribution in [-0.2, 0) is 18.9 Å². The Kier molecular flexibility index (Phi) is 7.43. The largest absolute Gasteiger partial charge is 0.394 e. The summed E-state index contributed by atoms with van der Waals surface area (Å²) in [6.07, 6.45) is 5.64. The zero-order valence-corrected chi connectivity index (χ0v) is 25.5. The summed E-state index contributed by atoms with van der Waals surface area (Å²) < 4.78 is 25.4. The molecule has 7 fully saturated rings. The highest BCUT2D eigenvalue weighted by Crippen LogP contribution is 2.71. The topological polar surface area (TPSA) is 118 Å². The maximum Gasteiger partial charge on any atom is 0.186 e. The van der Waals surface area contributed by atoms with E-state index < -0.39 is 37.3 Å². The molecule has 4 saturated carbocycles. The van der Waals surface area contributed by atoms with Gasteiger partial charge in [0, 0.05) is 12.3 Å². The number of rotatable bonds is 3. The molecule has 0 amide bonds. The molecule has 3 saturated heterocycles. The SMILES string of the molecule is CC1CC[C@@]2(OC1)OC1C[C@H]3[C@@H]4CC[C@H]5CC(OC6OC(CO)C(O)C(O)C6O)CCC5(C)[C@H]4CCC3(C)C1C2C. The van der Waals surface area contributed by atoms with Crippen LogP contribution in [0.5, 0.6) is 0 Å². The number of fused-ring (bicyclic) bond motifs is 7. The van der Waals surface area contributed by atoms with E-state index in [0.29, 0.717) is 35.2 Å². The van der Waals surface area contributed by atoms with E-state index in [0.717, 1.165) is 50.0 Å². The van der Waals surface area contributed by atoms with Crippen molar-refractivity contribution in [1.82, 2.24) is 0 Å². The molecule has 234 valence electrons. The van der Waals surface area contributed by atoms with Gasteiger partial charge in [-0.05, 0) is 104 Å². The fraction of sp³-hybridized carbons (Fsp3) is 1.00. The molecule has 7 aliphatic rings. The summed E-state index contributed by atoms with van der Waals surface area (Å²) in [6.45, 7) is 10.3. The Morgan fingerprint density at radius 3 is 2.34 bits per heavy atom. The van der Waals surface area contributed by atoms with Crippen LogP contribution in [0.3, 0.4) is 0 Å². The van der Waals surface area contributed by atoms with Crippen molar-refractivity contribution < 1.29 is 39.4 Å². The molecule has 0 aromatic rings. The molecule has 1 spiro atoms. The van der Waals surface area contributed by atoms with Gasteiger partial charge in [0.15, 0.2) is 12.1 Å². The van der Waals surface area contributed by atoms with Crippen molar-refractivity contribution in [3.63, 3.8) is 0 Å². The number of aliphatic hydroxyl groups excluding tert-OH is 4. The normalized spacial score (nSPS) is 60.3. The Balaban J connectivity index is 1.03. The Bertz CT molecular complexity index is 967. The average molecular weight is 579 g/mol. The highest BCUT2D eigenvalue weighted by molar-refractivity contribution is 5.15. The fourth-order valence-corrected chi connectivity index (χ4v) is 11.7. The molecule has 4 aliphatic carbocycles. The van der Waals surface area contributed by atoms with Crippen molar-refractivity contribution in [1.29, 1.82) is 0 Å². The van der Waals surface area contributed by atoms with Gasteiger partial charge in [0.1, 0.15) is 24.4 Å². The molecule has 8 heteroatoms. The van der Waals surface area contributed by atoms with Crippen LogP contribution in [0.2, 0.25) is 0 Å². The van der Waals surface area contributed by atoms with Crippen LogP contribution in [0, 0.1) is 52.3 Å². The summed E-state index contributed by atoms with van der Waals surface area (Å²) in [7, 11) is 0. The lowest BCUT2D eigenvalue weighted by atomic mass is 9.44. The van der Waals surface area contributed by atoms with Gasteiger partial charge in [-0.25, -0.2) is 0 Å². The Morgan fingerprint density at radius 2 is 1.61 bits per heavy atom. The van der Waals surface area contributed by atoms with E-state index in [9.17, 15) is 20.4 Å². The Morgan fingerprint density at radius 1 is 0.829 bits per heavy atom. The van der Waals surface area contributed by atoms with Crippen LogP contribution >= 0.6 is 0 Å². The quantitative estimate of drug-likeness (QED) is 0.375. The molecule has 3 aliphatic heterocycles. The van der Waals surface area contributed by atoms with E-state index in [1.165, 1.54) is 38.5 Å². The van der Waals surface area contributed by atoms with Crippen molar-refractivity contribution in [2.45, 2.75) is 141 Å². The van der Waals surface area contributed by atoms with Crippen molar-refractivity contribution in [2.24, 2.45) is 52.3 Å². The Hall–Kier alpha value is -0.320. The van der Waals surface area contributed by atoms with Crippen LogP contribution in [0.4, 0.5) is 0 Å². The van der Waals surface area contributed by atoms with Gasteiger partial charge in [-0.3, -0.25) is 0 Å². The van der Waals surface area contributed by atoms with Gasteiger partial charge in [0.05, 0.1) is 25.4 Å². The van der Waals surface area contributed by atoms with E-state index in [-0.39, 0.29) is 17.3 Å². The molecule has 41 heavy (non-hydrogen) atoms. The van der Waals surface area contributed by atoms with Crippen molar-refractivity contribution in [2.75, 3.05) is 13.2 Å². The standard InChI is InChI=1S/C33H54O8/c1-17-7-12-33(38-16-17)18(2)26-24(41-33)14-23-21-6-5-19-13-20(8-10-31(19,3)22(21)9-11-32(23,26)4)39-30-29(37)28(36)27(35)25(15-34)40-30/h17-30,34-37H,5-16H2,1-4H3/t17?,18?,19-,20?,21+,22-,23-,24?,25?,26?,27?,28?,29?,30?,31?,32?,33+/m0/s1. The second kappa shape index (κ2) is 10.4. The lowest BCUT2D eigenvalue weighted by Gasteiger charge is -2.61. The van der Waals surface area contributed by atoms with Crippen molar-refractivity contribution in [3.05, 3.63) is 0 Å². The summed E-state index contributed by atoms with van der Waals surface area (Å²) in [5, 5.41) is 40.4. The first-order valence-electron chi connectivity index (χ1n) is 16.8. The first-order chi connectivity index (χ1) is 19.5. The van der Waals surface area contributed by atoms with Gasteiger partial charge in [0.25, 0.3) is 0 Å². The molecular formula is C33H54O8. The highest BCUT2D eigenvalue weighted by atomic mass is 16.7. The van der Waals surface area contributed by atoms with Crippen LogP contribution < -0.4 is 0 Å². The molecule has 17 atom stereocenters. The third-order valence-electron chi connectivity index (χ3n) is 14.1. The van der Waals surface area contributed by atoms with Crippen molar-refractivity contribution in [3.8, 4) is 0 Å². The van der Waals surface area contributed by atoms with Gasteiger partial charge < -0.3 is 39.4 Å². The van der Waals surface area contributed by atoms with Gasteiger partial charge >= 0.3 is 0 Å². The first-order valence-corrected chi connectivity index (χ1v) is 16.8. The third kappa shape index (κ3) is 4.36. The molecule has 0 bridgehead atoms. The van der Waals surface area contributed by atoms with Crippen LogP contribution in [0.1, 0.15) is 91.9 Å². The molecule has 4 N–H and O–H groups in total. The predicted octanol–water partition coefficient (Wildman–Crippen LogP) is 3.62. The van der Waals surface area contributed by atoms with E-state index in [1.54, 1.807) is 0 Å². The lowest BCUT2D eigenvalue weighted by Crippen LogP contribution is -2.60. The minimum Gasteiger partial charge on any atom is -0.394 e. The monoisotopic (exact) mass is 578 g/mol. The van der Waals surface area contributed by atoms with Gasteiger partial charge in [-0.1, -0.05) is 27.7 Å². The predicted molar refractivity (Wildman–Crippen MR) is 150 cm³/mol. The molecule has 0 aromatic heterocycles. The van der Waals surface area contributed by atoms with E-state index in [4.69, 9.17) is 18.9 Å². The van der Waals surface area contributed by atoms with E-state index in [2.05, 4.69) is 27.7 Å². The molecule has 7 rings (SSSR count). The molecule has 12 unspecified atom stereocenters. The summed E-state index contributed by atoms with van der Waals surface area (Å²) in [6, 6.07) is 0. The smallest absolute Gasteiger partial charge is 0.186 e. The minimum absolute atomic E-state index is 0.0607. The number of aliphatic hydroxyl groups is 4. The maximum atomic E-state index is 10.5. The van der Waals surface area contributed by atoms with Crippen LogP contribution in [0.25, 0.3) is 0 Å². The number of hydrogen-bond acceptors (Lipinski definition) is 8. The Labute approximate surface area is 245 Å². The maximum absolute atomic E-state index is 10.5. The molecule has 0 aromatic carbocycles. The van der Waals surface area contributed by atoms with Gasteiger partial charge in [-0.15, -0.1) is 0 Å². The summed E-state index contributed by atoms with van der Waals surface area (Å²) >= 11 is 0. The minimum atomic E-state index is -1.40. The summed E-state index contributed by atoms with van der Waals surface area (Å²) in [5.41, 5.74) is 0.612. The van der Waals surface area contributed by atoms with E-state index >= 15 is 0 Å². The molecule has 0 radical (unpaired) electrons. The first kappa shape index (κ1) is 29.4. The van der Waals surface area contributed by atoms with Crippen LogP contribution in [-0.4, -0.2) is 82.3 Å². The highest BCUT2D eigenvalue weighted by Gasteiger charge is 2.69. The second-order valence-corrected chi connectivity index (χ2v) is 15.9. The summed E-state index contributed by atoms with van der Waals surface area (Å²) in [5.74, 6) is 4.08. The summed E-state index contributed by atoms with van der Waals surface area (Å²) in [4.78, 5) is 0. The van der Waals surface area contributed by atoms with Gasteiger partial charge in [0.2, 0.25) is 0 Å². The average Bonchev–Trinajstić information content (AvgIpc) is 3.40. The molecule has 8 nitrogen and oxygen atoms in total. The zero-order valence-electron chi connectivity index (χ0n) is 25.5. The molecule has 3 heterocycles. The van der Waals surface area contributed by atoms with Gasteiger partial charge in [-0.2, -0.15) is 0 Å².